The molecule has 0 spiro atoms. The molecule has 13 heavy (non-hydrogen) atoms. The van der Waals surface area contributed by atoms with Gasteiger partial charge in [0.05, 0.1) is 4.47 Å². The van der Waals surface area contributed by atoms with Crippen LogP contribution in [0.1, 0.15) is 0 Å². The normalized spacial score (nSPS) is 11.2. The summed E-state index contributed by atoms with van der Waals surface area (Å²) in [6.45, 7) is 0. The van der Waals surface area contributed by atoms with Crippen LogP contribution >= 0.6 is 15.9 Å². The van der Waals surface area contributed by atoms with Crippen LogP contribution in [0.15, 0.2) is 28.7 Å². The lowest BCUT2D eigenvalue weighted by Crippen LogP contribution is -2.24. The van der Waals surface area contributed by atoms with Gasteiger partial charge in [-0.05, 0) is 28.1 Å². The molecule has 0 amide bonds. The molecule has 0 fully saturated rings. The van der Waals surface area contributed by atoms with Gasteiger partial charge in [0.1, 0.15) is 0 Å². The third kappa shape index (κ3) is 2.98. The Morgan fingerprint density at radius 2 is 2.00 bits per heavy atom. The van der Waals surface area contributed by atoms with Gasteiger partial charge in [-0.3, -0.25) is 0 Å². The first-order valence-corrected chi connectivity index (χ1v) is 5.63. The van der Waals surface area contributed by atoms with Gasteiger partial charge in [-0.15, -0.1) is 0 Å². The van der Waals surface area contributed by atoms with E-state index in [0.29, 0.717) is 4.47 Å². The molecule has 1 N–H and O–H groups in total. The average molecular weight is 266 g/mol. The Bertz CT molecular complexity index is 390. The SMILES string of the molecule is CNS(=O)(=O)Oc1ccccc1Br. The monoisotopic (exact) mass is 265 g/mol. The fourth-order valence-electron chi connectivity index (χ4n) is 0.672. The summed E-state index contributed by atoms with van der Waals surface area (Å²) in [6.07, 6.45) is 0. The fourth-order valence-corrected chi connectivity index (χ4v) is 1.61. The molecular weight excluding hydrogens is 258 g/mol. The van der Waals surface area contributed by atoms with E-state index in [4.69, 9.17) is 4.18 Å². The van der Waals surface area contributed by atoms with Crippen molar-refractivity contribution in [3.63, 3.8) is 0 Å². The van der Waals surface area contributed by atoms with Gasteiger partial charge in [0.25, 0.3) is 0 Å². The molecule has 0 unspecified atom stereocenters. The van der Waals surface area contributed by atoms with Crippen molar-refractivity contribution in [2.45, 2.75) is 0 Å². The molecule has 0 saturated carbocycles. The molecule has 0 atom stereocenters. The highest BCUT2D eigenvalue weighted by Crippen LogP contribution is 2.24. The standard InChI is InChI=1S/C7H8BrNO3S/c1-9-13(10,11)12-7-5-3-2-4-6(7)8/h2-5,9H,1H3. The summed E-state index contributed by atoms with van der Waals surface area (Å²) in [7, 11) is -2.39. The zero-order valence-electron chi connectivity index (χ0n) is 6.82. The predicted octanol–water partition coefficient (Wildman–Crippen LogP) is 1.29. The molecule has 1 aromatic carbocycles. The summed E-state index contributed by atoms with van der Waals surface area (Å²) in [5.74, 6) is 0.261. The lowest BCUT2D eigenvalue weighted by atomic mass is 10.3. The number of halogens is 1. The number of rotatable bonds is 3. The Balaban J connectivity index is 2.93. The van der Waals surface area contributed by atoms with E-state index in [1.165, 1.54) is 7.05 Å². The van der Waals surface area contributed by atoms with Crippen molar-refractivity contribution in [2.24, 2.45) is 0 Å². The predicted molar refractivity (Wildman–Crippen MR) is 52.7 cm³/mol. The second-order valence-electron chi connectivity index (χ2n) is 2.17. The molecule has 0 aromatic heterocycles. The van der Waals surface area contributed by atoms with E-state index >= 15 is 0 Å². The second-order valence-corrected chi connectivity index (χ2v) is 4.51. The van der Waals surface area contributed by atoms with Crippen molar-refractivity contribution in [1.29, 1.82) is 0 Å². The van der Waals surface area contributed by atoms with Crippen LogP contribution in [0.4, 0.5) is 0 Å². The van der Waals surface area contributed by atoms with E-state index in [-0.39, 0.29) is 5.75 Å². The van der Waals surface area contributed by atoms with Gasteiger partial charge >= 0.3 is 10.3 Å². The summed E-state index contributed by atoms with van der Waals surface area (Å²) >= 11 is 3.16. The molecule has 1 rings (SSSR count). The zero-order chi connectivity index (χ0) is 9.90. The second kappa shape index (κ2) is 4.08. The van der Waals surface area contributed by atoms with Crippen molar-refractivity contribution < 1.29 is 12.6 Å². The maximum atomic E-state index is 11.0. The first kappa shape index (κ1) is 10.5. The third-order valence-corrected chi connectivity index (χ3v) is 2.84. The summed E-state index contributed by atoms with van der Waals surface area (Å²) in [6, 6.07) is 6.70. The Morgan fingerprint density at radius 1 is 1.38 bits per heavy atom. The van der Waals surface area contributed by atoms with E-state index in [0.717, 1.165) is 0 Å². The minimum Gasteiger partial charge on any atom is -0.370 e. The first-order valence-electron chi connectivity index (χ1n) is 3.42. The molecule has 1 aromatic rings. The van der Waals surface area contributed by atoms with Gasteiger partial charge in [0, 0.05) is 7.05 Å². The Hall–Kier alpha value is -0.590. The quantitative estimate of drug-likeness (QED) is 0.896. The Labute approximate surface area is 85.3 Å². The first-order chi connectivity index (χ1) is 6.05. The van der Waals surface area contributed by atoms with Gasteiger partial charge in [-0.25, -0.2) is 0 Å². The van der Waals surface area contributed by atoms with E-state index in [9.17, 15) is 8.42 Å². The van der Waals surface area contributed by atoms with E-state index in [2.05, 4.69) is 15.9 Å². The van der Waals surface area contributed by atoms with E-state index < -0.39 is 10.3 Å². The summed E-state index contributed by atoms with van der Waals surface area (Å²) in [5.41, 5.74) is 0. The Kier molecular flexibility index (Phi) is 3.29. The molecule has 0 aliphatic carbocycles. The van der Waals surface area contributed by atoms with Crippen molar-refractivity contribution in [1.82, 2.24) is 4.72 Å². The van der Waals surface area contributed by atoms with Crippen molar-refractivity contribution in [3.05, 3.63) is 28.7 Å². The third-order valence-electron chi connectivity index (χ3n) is 1.29. The average Bonchev–Trinajstić information content (AvgIpc) is 2.09. The molecule has 72 valence electrons. The maximum Gasteiger partial charge on any atom is 0.382 e. The minimum absolute atomic E-state index is 0.261. The van der Waals surface area contributed by atoms with Gasteiger partial charge in [0.15, 0.2) is 5.75 Å². The van der Waals surface area contributed by atoms with Crippen LogP contribution in [-0.2, 0) is 10.3 Å². The fraction of sp³-hybridized carbons (Fsp3) is 0.143. The van der Waals surface area contributed by atoms with Crippen LogP contribution < -0.4 is 8.91 Å². The van der Waals surface area contributed by atoms with E-state index in [1.54, 1.807) is 24.3 Å². The minimum atomic E-state index is -3.68. The molecule has 0 radical (unpaired) electrons. The van der Waals surface area contributed by atoms with Gasteiger partial charge in [-0.2, -0.15) is 13.1 Å². The largest absolute Gasteiger partial charge is 0.382 e. The molecule has 0 heterocycles. The highest BCUT2D eigenvalue weighted by Gasteiger charge is 2.10. The topological polar surface area (TPSA) is 55.4 Å². The van der Waals surface area contributed by atoms with Crippen LogP contribution in [0.5, 0.6) is 5.75 Å². The number of hydrogen-bond acceptors (Lipinski definition) is 3. The molecular formula is C7H8BrNO3S. The molecule has 0 aliphatic heterocycles. The molecule has 4 nitrogen and oxygen atoms in total. The van der Waals surface area contributed by atoms with Crippen molar-refractivity contribution >= 4 is 26.2 Å². The van der Waals surface area contributed by atoms with Crippen molar-refractivity contribution in [3.8, 4) is 5.75 Å². The van der Waals surface area contributed by atoms with Crippen molar-refractivity contribution in [2.75, 3.05) is 7.05 Å². The molecule has 0 saturated heterocycles. The maximum absolute atomic E-state index is 11.0. The van der Waals surface area contributed by atoms with Crippen LogP contribution in [0, 0.1) is 0 Å². The van der Waals surface area contributed by atoms with Gasteiger partial charge in [0.2, 0.25) is 0 Å². The van der Waals surface area contributed by atoms with Crippen LogP contribution in [-0.4, -0.2) is 15.5 Å². The molecule has 6 heteroatoms. The molecule has 0 aliphatic rings. The lowest BCUT2D eigenvalue weighted by Gasteiger charge is -2.05. The smallest absolute Gasteiger partial charge is 0.370 e. The van der Waals surface area contributed by atoms with Gasteiger partial charge < -0.3 is 4.18 Å². The van der Waals surface area contributed by atoms with Crippen LogP contribution in [0.25, 0.3) is 0 Å². The highest BCUT2D eigenvalue weighted by molar-refractivity contribution is 9.10. The van der Waals surface area contributed by atoms with Crippen LogP contribution in [0.3, 0.4) is 0 Å². The highest BCUT2D eigenvalue weighted by atomic mass is 79.9. The number of nitrogens with one attached hydrogen (secondary N) is 1. The van der Waals surface area contributed by atoms with Crippen LogP contribution in [0.2, 0.25) is 0 Å². The number of para-hydroxylation sites is 1. The number of hydrogen-bond donors (Lipinski definition) is 1. The summed E-state index contributed by atoms with van der Waals surface area (Å²) in [5, 5.41) is 0. The molecule has 0 bridgehead atoms. The summed E-state index contributed by atoms with van der Waals surface area (Å²) in [4.78, 5) is 0. The van der Waals surface area contributed by atoms with E-state index in [1.807, 2.05) is 4.72 Å². The Morgan fingerprint density at radius 3 is 2.54 bits per heavy atom. The lowest BCUT2D eigenvalue weighted by molar-refractivity contribution is 0.475. The summed E-state index contributed by atoms with van der Waals surface area (Å²) < 4.78 is 29.3. The van der Waals surface area contributed by atoms with Gasteiger partial charge in [-0.1, -0.05) is 12.1 Å². The zero-order valence-corrected chi connectivity index (χ0v) is 9.22. The number of benzene rings is 1.